The standard InChI is InChI=1S/C21H20ClN3O3/c1-14(15-5-3-2-4-6-15)24-19-8-7-17(11-18(19)22)25-20(26)12-23-21(27)16-9-10-28-13-16/h2-11,13-14,24H,12H2,1H3,(H,23,27)(H,25,26). The van der Waals surface area contributed by atoms with Crippen LogP contribution in [0.5, 0.6) is 0 Å². The van der Waals surface area contributed by atoms with Gasteiger partial charge in [0.25, 0.3) is 5.91 Å². The zero-order valence-corrected chi connectivity index (χ0v) is 16.0. The molecule has 0 bridgehead atoms. The number of anilines is 2. The average molecular weight is 398 g/mol. The molecule has 2 amide bonds. The maximum atomic E-state index is 12.0. The van der Waals surface area contributed by atoms with Crippen LogP contribution < -0.4 is 16.0 Å². The van der Waals surface area contributed by atoms with Crippen molar-refractivity contribution in [3.8, 4) is 0 Å². The summed E-state index contributed by atoms with van der Waals surface area (Å²) in [7, 11) is 0. The summed E-state index contributed by atoms with van der Waals surface area (Å²) in [6, 6.07) is 16.8. The van der Waals surface area contributed by atoms with Gasteiger partial charge in [-0.15, -0.1) is 0 Å². The van der Waals surface area contributed by atoms with E-state index in [0.717, 1.165) is 11.3 Å². The second-order valence-electron chi connectivity index (χ2n) is 6.21. The van der Waals surface area contributed by atoms with Crippen molar-refractivity contribution in [3.05, 3.63) is 83.3 Å². The minimum atomic E-state index is -0.378. The van der Waals surface area contributed by atoms with Gasteiger partial charge < -0.3 is 20.4 Å². The lowest BCUT2D eigenvalue weighted by Gasteiger charge is -2.17. The number of halogens is 1. The van der Waals surface area contributed by atoms with E-state index in [1.165, 1.54) is 18.6 Å². The molecule has 28 heavy (non-hydrogen) atoms. The summed E-state index contributed by atoms with van der Waals surface area (Å²) in [5.41, 5.74) is 2.82. The first-order valence-electron chi connectivity index (χ1n) is 8.74. The molecule has 0 aliphatic rings. The van der Waals surface area contributed by atoms with E-state index in [4.69, 9.17) is 16.0 Å². The molecule has 7 heteroatoms. The highest BCUT2D eigenvalue weighted by molar-refractivity contribution is 6.33. The van der Waals surface area contributed by atoms with Crippen LogP contribution in [0.3, 0.4) is 0 Å². The molecule has 0 saturated heterocycles. The molecule has 2 aromatic carbocycles. The minimum Gasteiger partial charge on any atom is -0.472 e. The zero-order chi connectivity index (χ0) is 19.9. The molecule has 1 atom stereocenters. The molecule has 3 N–H and O–H groups in total. The van der Waals surface area contributed by atoms with Crippen molar-refractivity contribution in [3.63, 3.8) is 0 Å². The molecule has 1 heterocycles. The van der Waals surface area contributed by atoms with Gasteiger partial charge in [-0.3, -0.25) is 9.59 Å². The molecule has 144 valence electrons. The zero-order valence-electron chi connectivity index (χ0n) is 15.2. The summed E-state index contributed by atoms with van der Waals surface area (Å²) in [6.07, 6.45) is 2.71. The van der Waals surface area contributed by atoms with Crippen LogP contribution in [0.2, 0.25) is 5.02 Å². The fourth-order valence-corrected chi connectivity index (χ4v) is 2.86. The van der Waals surface area contributed by atoms with E-state index in [1.54, 1.807) is 18.2 Å². The summed E-state index contributed by atoms with van der Waals surface area (Å²) in [5.74, 6) is -0.734. The van der Waals surface area contributed by atoms with Gasteiger partial charge in [0.05, 0.1) is 29.1 Å². The van der Waals surface area contributed by atoms with Crippen molar-refractivity contribution >= 4 is 34.8 Å². The Kier molecular flexibility index (Phi) is 6.34. The molecule has 0 saturated carbocycles. The summed E-state index contributed by atoms with van der Waals surface area (Å²) >= 11 is 6.35. The van der Waals surface area contributed by atoms with Crippen molar-refractivity contribution in [2.75, 3.05) is 17.2 Å². The second-order valence-corrected chi connectivity index (χ2v) is 6.62. The Morgan fingerprint density at radius 1 is 1.11 bits per heavy atom. The highest BCUT2D eigenvalue weighted by Gasteiger charge is 2.11. The third-order valence-corrected chi connectivity index (χ3v) is 4.43. The SMILES string of the molecule is CC(Nc1ccc(NC(=O)CNC(=O)c2ccoc2)cc1Cl)c1ccccc1. The van der Waals surface area contributed by atoms with Crippen LogP contribution in [0.1, 0.15) is 28.9 Å². The third-order valence-electron chi connectivity index (χ3n) is 4.12. The van der Waals surface area contributed by atoms with Crippen molar-refractivity contribution in [2.45, 2.75) is 13.0 Å². The summed E-state index contributed by atoms with van der Waals surface area (Å²) in [4.78, 5) is 23.8. The number of benzene rings is 2. The van der Waals surface area contributed by atoms with Gasteiger partial charge in [0.2, 0.25) is 5.91 Å². The minimum absolute atomic E-state index is 0.0808. The Morgan fingerprint density at radius 2 is 1.89 bits per heavy atom. The third kappa shape index (κ3) is 5.14. The van der Waals surface area contributed by atoms with E-state index in [9.17, 15) is 9.59 Å². The Labute approximate surface area is 167 Å². The monoisotopic (exact) mass is 397 g/mol. The fourth-order valence-electron chi connectivity index (χ4n) is 2.63. The molecular formula is C21H20ClN3O3. The fraction of sp³-hybridized carbons (Fsp3) is 0.143. The molecule has 3 rings (SSSR count). The molecule has 1 aromatic heterocycles. The molecule has 0 radical (unpaired) electrons. The smallest absolute Gasteiger partial charge is 0.254 e. The summed E-state index contributed by atoms with van der Waals surface area (Å²) in [6.45, 7) is 1.89. The number of amides is 2. The van der Waals surface area contributed by atoms with Crippen molar-refractivity contribution in [1.82, 2.24) is 5.32 Å². The number of rotatable bonds is 7. The maximum absolute atomic E-state index is 12.0. The molecule has 6 nitrogen and oxygen atoms in total. The van der Waals surface area contributed by atoms with E-state index in [2.05, 4.69) is 16.0 Å². The predicted molar refractivity (Wildman–Crippen MR) is 110 cm³/mol. The normalized spacial score (nSPS) is 11.5. The van der Waals surface area contributed by atoms with Gasteiger partial charge in [-0.1, -0.05) is 41.9 Å². The highest BCUT2D eigenvalue weighted by atomic mass is 35.5. The van der Waals surface area contributed by atoms with Crippen LogP contribution in [-0.2, 0) is 4.79 Å². The van der Waals surface area contributed by atoms with Crippen molar-refractivity contribution in [1.29, 1.82) is 0 Å². The summed E-state index contributed by atoms with van der Waals surface area (Å²) < 4.78 is 4.84. The van der Waals surface area contributed by atoms with Gasteiger partial charge in [-0.25, -0.2) is 0 Å². The Hall–Kier alpha value is -3.25. The number of hydrogen-bond acceptors (Lipinski definition) is 4. The lowest BCUT2D eigenvalue weighted by molar-refractivity contribution is -0.115. The number of furan rings is 1. The molecule has 1 unspecified atom stereocenters. The lowest BCUT2D eigenvalue weighted by atomic mass is 10.1. The lowest BCUT2D eigenvalue weighted by Crippen LogP contribution is -2.32. The Bertz CT molecular complexity index is 943. The highest BCUT2D eigenvalue weighted by Crippen LogP contribution is 2.28. The van der Waals surface area contributed by atoms with Gasteiger partial charge in [-0.2, -0.15) is 0 Å². The first kappa shape index (κ1) is 19.5. The van der Waals surface area contributed by atoms with Gasteiger partial charge in [-0.05, 0) is 36.8 Å². The van der Waals surface area contributed by atoms with Crippen LogP contribution in [-0.4, -0.2) is 18.4 Å². The van der Waals surface area contributed by atoms with Gasteiger partial charge in [0.15, 0.2) is 0 Å². The van der Waals surface area contributed by atoms with Crippen LogP contribution in [0.4, 0.5) is 11.4 Å². The van der Waals surface area contributed by atoms with E-state index in [0.29, 0.717) is 16.3 Å². The van der Waals surface area contributed by atoms with Crippen LogP contribution in [0.25, 0.3) is 0 Å². The molecule has 0 aliphatic carbocycles. The second kappa shape index (κ2) is 9.10. The molecule has 0 aliphatic heterocycles. The van der Waals surface area contributed by atoms with E-state index >= 15 is 0 Å². The van der Waals surface area contributed by atoms with Crippen molar-refractivity contribution in [2.24, 2.45) is 0 Å². The maximum Gasteiger partial charge on any atom is 0.254 e. The molecule has 0 spiro atoms. The first-order valence-corrected chi connectivity index (χ1v) is 9.12. The molecular weight excluding hydrogens is 378 g/mol. The summed E-state index contributed by atoms with van der Waals surface area (Å²) in [5, 5.41) is 9.07. The number of carbonyl (C=O) groups is 2. The van der Waals surface area contributed by atoms with Crippen LogP contribution in [0.15, 0.2) is 71.5 Å². The largest absolute Gasteiger partial charge is 0.472 e. The van der Waals surface area contributed by atoms with Crippen molar-refractivity contribution < 1.29 is 14.0 Å². The van der Waals surface area contributed by atoms with E-state index < -0.39 is 0 Å². The first-order chi connectivity index (χ1) is 13.5. The quantitative estimate of drug-likeness (QED) is 0.549. The van der Waals surface area contributed by atoms with Gasteiger partial charge in [0.1, 0.15) is 6.26 Å². The predicted octanol–water partition coefficient (Wildman–Crippen LogP) is 4.47. The van der Waals surface area contributed by atoms with Gasteiger partial charge >= 0.3 is 0 Å². The number of nitrogens with one attached hydrogen (secondary N) is 3. The molecule has 3 aromatic rings. The number of carbonyl (C=O) groups excluding carboxylic acids is 2. The van der Waals surface area contributed by atoms with E-state index in [-0.39, 0.29) is 24.4 Å². The van der Waals surface area contributed by atoms with Crippen LogP contribution in [0, 0.1) is 0 Å². The van der Waals surface area contributed by atoms with E-state index in [1.807, 2.05) is 37.3 Å². The topological polar surface area (TPSA) is 83.4 Å². The van der Waals surface area contributed by atoms with Gasteiger partial charge in [0, 0.05) is 11.7 Å². The Balaban J connectivity index is 1.54. The average Bonchev–Trinajstić information content (AvgIpc) is 3.24. The molecule has 0 fully saturated rings. The Morgan fingerprint density at radius 3 is 2.57 bits per heavy atom. The number of hydrogen-bond donors (Lipinski definition) is 3. The van der Waals surface area contributed by atoms with Crippen LogP contribution >= 0.6 is 11.6 Å².